The maximum atomic E-state index is 13.5. The molecule has 1 N–H and O–H groups in total. The van der Waals surface area contributed by atoms with Gasteiger partial charge >= 0.3 is 0 Å². The molecular formula is C26H27ClN2O3S. The van der Waals surface area contributed by atoms with Gasteiger partial charge in [0.2, 0.25) is 0 Å². The minimum atomic E-state index is -1.19. The second-order valence-corrected chi connectivity index (χ2v) is 9.70. The van der Waals surface area contributed by atoms with E-state index in [1.54, 1.807) is 18.1 Å². The van der Waals surface area contributed by atoms with E-state index < -0.39 is 11.4 Å². The molecule has 1 amide bonds. The van der Waals surface area contributed by atoms with Crippen LogP contribution in [0.3, 0.4) is 0 Å². The number of nitrogens with zero attached hydrogens (tertiary/aromatic N) is 2. The number of hydrogen-bond acceptors (Lipinski definition) is 5. The molecule has 0 unspecified atom stereocenters. The van der Waals surface area contributed by atoms with Gasteiger partial charge in [0, 0.05) is 29.6 Å². The third kappa shape index (κ3) is 5.53. The van der Waals surface area contributed by atoms with Crippen molar-refractivity contribution in [1.29, 1.82) is 0 Å². The summed E-state index contributed by atoms with van der Waals surface area (Å²) in [6, 6.07) is 23.2. The van der Waals surface area contributed by atoms with Crippen molar-refractivity contribution < 1.29 is 14.6 Å². The Morgan fingerprint density at radius 2 is 1.82 bits per heavy atom. The van der Waals surface area contributed by atoms with Crippen LogP contribution in [0.1, 0.15) is 16.4 Å². The van der Waals surface area contributed by atoms with Crippen LogP contribution in [-0.4, -0.2) is 49.3 Å². The summed E-state index contributed by atoms with van der Waals surface area (Å²) in [7, 11) is 3.64. The van der Waals surface area contributed by atoms with E-state index in [0.29, 0.717) is 18.1 Å². The molecule has 172 valence electrons. The van der Waals surface area contributed by atoms with E-state index in [-0.39, 0.29) is 5.91 Å². The van der Waals surface area contributed by atoms with Gasteiger partial charge in [-0.15, -0.1) is 11.8 Å². The monoisotopic (exact) mass is 482 g/mol. The number of amides is 1. The number of ether oxygens (including phenoxy) is 1. The SMILES string of the molecule is COc1ccc([C@H]2Sc3cc(Cl)ccc3N(CCN(C)Cc3ccccc3)C(=O)[C@H]2O)cc1. The molecule has 0 fully saturated rings. The lowest BCUT2D eigenvalue weighted by Gasteiger charge is -2.27. The number of aliphatic hydroxyl groups excluding tert-OH is 1. The second-order valence-electron chi connectivity index (χ2n) is 8.08. The highest BCUT2D eigenvalue weighted by Crippen LogP contribution is 2.46. The van der Waals surface area contributed by atoms with E-state index >= 15 is 0 Å². The van der Waals surface area contributed by atoms with Crippen LogP contribution < -0.4 is 9.64 Å². The average Bonchev–Trinajstić information content (AvgIpc) is 2.93. The van der Waals surface area contributed by atoms with Gasteiger partial charge in [0.1, 0.15) is 11.9 Å². The fourth-order valence-electron chi connectivity index (χ4n) is 3.93. The van der Waals surface area contributed by atoms with E-state index in [1.165, 1.54) is 17.3 Å². The largest absolute Gasteiger partial charge is 0.497 e. The lowest BCUT2D eigenvalue weighted by molar-refractivity contribution is -0.126. The Balaban J connectivity index is 1.58. The first kappa shape index (κ1) is 23.6. The van der Waals surface area contributed by atoms with E-state index in [2.05, 4.69) is 17.0 Å². The molecule has 3 aromatic rings. The molecule has 0 saturated heterocycles. The predicted octanol–water partition coefficient (Wildman–Crippen LogP) is 5.02. The third-order valence-electron chi connectivity index (χ3n) is 5.72. The van der Waals surface area contributed by atoms with Gasteiger partial charge in [0.15, 0.2) is 0 Å². The highest BCUT2D eigenvalue weighted by Gasteiger charge is 2.37. The molecular weight excluding hydrogens is 456 g/mol. The number of methoxy groups -OCH3 is 1. The maximum Gasteiger partial charge on any atom is 0.257 e. The molecule has 0 aliphatic carbocycles. The first-order valence-corrected chi connectivity index (χ1v) is 12.0. The molecule has 7 heteroatoms. The number of carbonyl (C=O) groups excluding carboxylic acids is 1. The minimum Gasteiger partial charge on any atom is -0.497 e. The fourth-order valence-corrected chi connectivity index (χ4v) is 5.48. The number of aliphatic hydroxyl groups is 1. The molecule has 4 rings (SSSR count). The zero-order valence-corrected chi connectivity index (χ0v) is 20.2. The molecule has 5 nitrogen and oxygen atoms in total. The van der Waals surface area contributed by atoms with E-state index in [1.807, 2.05) is 61.6 Å². The van der Waals surface area contributed by atoms with Gasteiger partial charge < -0.3 is 19.6 Å². The van der Waals surface area contributed by atoms with E-state index in [9.17, 15) is 9.90 Å². The van der Waals surface area contributed by atoms with Crippen LogP contribution in [0.25, 0.3) is 0 Å². The van der Waals surface area contributed by atoms with Crippen molar-refractivity contribution >= 4 is 35.0 Å². The van der Waals surface area contributed by atoms with Crippen molar-refractivity contribution in [2.45, 2.75) is 22.8 Å². The Morgan fingerprint density at radius 3 is 2.52 bits per heavy atom. The summed E-state index contributed by atoms with van der Waals surface area (Å²) in [5.41, 5.74) is 2.85. The fraction of sp³-hybridized carbons (Fsp3) is 0.269. The quantitative estimate of drug-likeness (QED) is 0.512. The van der Waals surface area contributed by atoms with Crippen molar-refractivity contribution in [2.75, 3.05) is 32.1 Å². The number of anilines is 1. The lowest BCUT2D eigenvalue weighted by Crippen LogP contribution is -2.43. The van der Waals surface area contributed by atoms with Gasteiger partial charge in [0.05, 0.1) is 18.0 Å². The molecule has 1 aliphatic heterocycles. The summed E-state index contributed by atoms with van der Waals surface area (Å²) in [5, 5.41) is 11.3. The van der Waals surface area contributed by atoms with Gasteiger partial charge in [-0.1, -0.05) is 54.1 Å². The second kappa shape index (κ2) is 10.6. The van der Waals surface area contributed by atoms with Crippen LogP contribution in [0.2, 0.25) is 5.02 Å². The number of carbonyl (C=O) groups is 1. The third-order valence-corrected chi connectivity index (χ3v) is 7.32. The zero-order chi connectivity index (χ0) is 23.4. The molecule has 0 bridgehead atoms. The smallest absolute Gasteiger partial charge is 0.257 e. The standard InChI is InChI=1S/C26H27ClN2O3S/c1-28(17-18-6-4-3-5-7-18)14-15-29-22-13-10-20(27)16-23(22)33-25(24(30)26(29)31)19-8-11-21(32-2)12-9-19/h3-13,16,24-25,30H,14-15,17H2,1-2H3/t24-,25+/m0/s1. The summed E-state index contributed by atoms with van der Waals surface area (Å²) in [6.07, 6.45) is -1.19. The summed E-state index contributed by atoms with van der Waals surface area (Å²) in [6.45, 7) is 1.90. The average molecular weight is 483 g/mol. The molecule has 33 heavy (non-hydrogen) atoms. The summed E-state index contributed by atoms with van der Waals surface area (Å²) in [4.78, 5) is 18.2. The summed E-state index contributed by atoms with van der Waals surface area (Å²) >= 11 is 7.76. The van der Waals surface area contributed by atoms with Crippen LogP contribution in [0.5, 0.6) is 5.75 Å². The summed E-state index contributed by atoms with van der Waals surface area (Å²) < 4.78 is 5.25. The number of halogens is 1. The number of fused-ring (bicyclic) bond motifs is 1. The number of likely N-dealkylation sites (N-methyl/N-ethyl adjacent to an activating group) is 1. The van der Waals surface area contributed by atoms with Crippen molar-refractivity contribution in [1.82, 2.24) is 4.90 Å². The van der Waals surface area contributed by atoms with E-state index in [4.69, 9.17) is 16.3 Å². The van der Waals surface area contributed by atoms with Gasteiger partial charge in [-0.2, -0.15) is 0 Å². The molecule has 1 aliphatic rings. The van der Waals surface area contributed by atoms with Crippen molar-refractivity contribution in [3.8, 4) is 5.75 Å². The van der Waals surface area contributed by atoms with Gasteiger partial charge in [-0.05, 0) is 48.5 Å². The maximum absolute atomic E-state index is 13.5. The minimum absolute atomic E-state index is 0.308. The Labute approximate surface area is 203 Å². The van der Waals surface area contributed by atoms with Crippen molar-refractivity contribution in [2.24, 2.45) is 0 Å². The van der Waals surface area contributed by atoms with Crippen LogP contribution in [0.15, 0.2) is 77.7 Å². The Kier molecular flexibility index (Phi) is 7.60. The van der Waals surface area contributed by atoms with Gasteiger partial charge in [-0.25, -0.2) is 0 Å². The molecule has 1 heterocycles. The van der Waals surface area contributed by atoms with Crippen molar-refractivity contribution in [3.63, 3.8) is 0 Å². The van der Waals surface area contributed by atoms with Gasteiger partial charge in [0.25, 0.3) is 5.91 Å². The highest BCUT2D eigenvalue weighted by molar-refractivity contribution is 7.99. The predicted molar refractivity (Wildman–Crippen MR) is 134 cm³/mol. The number of hydrogen-bond donors (Lipinski definition) is 1. The Morgan fingerprint density at radius 1 is 1.09 bits per heavy atom. The summed E-state index contributed by atoms with van der Waals surface area (Å²) in [5.74, 6) is 0.419. The first-order valence-electron chi connectivity index (χ1n) is 10.8. The number of rotatable bonds is 7. The zero-order valence-electron chi connectivity index (χ0n) is 18.6. The Hall–Kier alpha value is -2.51. The van der Waals surface area contributed by atoms with Crippen molar-refractivity contribution in [3.05, 3.63) is 88.9 Å². The van der Waals surface area contributed by atoms with Gasteiger partial charge in [-0.3, -0.25) is 4.79 Å². The topological polar surface area (TPSA) is 53.0 Å². The number of benzene rings is 3. The molecule has 0 saturated carbocycles. The molecule has 3 aromatic carbocycles. The first-order chi connectivity index (χ1) is 16.0. The molecule has 0 radical (unpaired) electrons. The molecule has 2 atom stereocenters. The van der Waals surface area contributed by atoms with Crippen LogP contribution in [0, 0.1) is 0 Å². The van der Waals surface area contributed by atoms with Crippen LogP contribution in [-0.2, 0) is 11.3 Å². The van der Waals surface area contributed by atoms with E-state index in [0.717, 1.165) is 28.4 Å². The van der Waals surface area contributed by atoms with Crippen LogP contribution in [0.4, 0.5) is 5.69 Å². The number of thioether (sulfide) groups is 1. The molecule has 0 spiro atoms. The molecule has 0 aromatic heterocycles. The van der Waals surface area contributed by atoms with Crippen LogP contribution >= 0.6 is 23.4 Å². The Bertz CT molecular complexity index is 1090. The lowest BCUT2D eigenvalue weighted by atomic mass is 10.1. The highest BCUT2D eigenvalue weighted by atomic mass is 35.5. The normalized spacial score (nSPS) is 18.2.